The molecule has 1 aliphatic heterocycles. The summed E-state index contributed by atoms with van der Waals surface area (Å²) in [6.07, 6.45) is 5.90. The van der Waals surface area contributed by atoms with Crippen LogP contribution in [0.3, 0.4) is 0 Å². The normalized spacial score (nSPS) is 19.5. The Morgan fingerprint density at radius 1 is 1.15 bits per heavy atom. The Kier molecular flexibility index (Phi) is 7.71. The molecule has 1 atom stereocenters. The summed E-state index contributed by atoms with van der Waals surface area (Å²) < 4.78 is 8.02. The van der Waals surface area contributed by atoms with Gasteiger partial charge in [-0.3, -0.25) is 19.1 Å². The minimum Gasteiger partial charge on any atom is -0.464 e. The maximum Gasteiger partial charge on any atom is 0.297 e. The van der Waals surface area contributed by atoms with Crippen LogP contribution in [-0.2, 0) is 17.8 Å². The molecule has 1 aromatic heterocycles. The molecule has 7 nitrogen and oxygen atoms in total. The number of benzene rings is 1. The van der Waals surface area contributed by atoms with Gasteiger partial charge >= 0.3 is 0 Å². The Bertz CT molecular complexity index is 982. The van der Waals surface area contributed by atoms with Gasteiger partial charge in [-0.05, 0) is 55.2 Å². The third kappa shape index (κ3) is 5.58. The molecule has 8 heteroatoms. The minimum absolute atomic E-state index is 0.0440. The number of hydrogen-bond acceptors (Lipinski definition) is 5. The second kappa shape index (κ2) is 10.7. The van der Waals surface area contributed by atoms with Crippen LogP contribution >= 0.6 is 11.6 Å². The molecular weight excluding hydrogens is 442 g/mol. The van der Waals surface area contributed by atoms with Crippen LogP contribution in [0.5, 0.6) is 6.01 Å². The fourth-order valence-corrected chi connectivity index (χ4v) is 4.89. The minimum atomic E-state index is -0.368. The van der Waals surface area contributed by atoms with Crippen molar-refractivity contribution in [1.82, 2.24) is 14.5 Å². The average molecular weight is 474 g/mol. The lowest BCUT2D eigenvalue weighted by Gasteiger charge is -2.26. The first kappa shape index (κ1) is 23.8. The number of fused-ring (bicyclic) bond motifs is 1. The van der Waals surface area contributed by atoms with E-state index >= 15 is 0 Å². The number of rotatable bonds is 8. The highest BCUT2D eigenvalue weighted by atomic mass is 35.5. The molecule has 1 aliphatic carbocycles. The van der Waals surface area contributed by atoms with Gasteiger partial charge in [-0.2, -0.15) is 4.98 Å². The van der Waals surface area contributed by atoms with Gasteiger partial charge in [0.1, 0.15) is 5.69 Å². The Hall–Kier alpha value is -2.38. The fourth-order valence-electron chi connectivity index (χ4n) is 4.77. The summed E-state index contributed by atoms with van der Waals surface area (Å²) in [4.78, 5) is 32.5. The lowest BCUT2D eigenvalue weighted by atomic mass is 9.97. The third-order valence-corrected chi connectivity index (χ3v) is 6.79. The van der Waals surface area contributed by atoms with Crippen LogP contribution in [0, 0.1) is 11.8 Å². The van der Waals surface area contributed by atoms with E-state index in [1.165, 1.54) is 17.7 Å². The van der Waals surface area contributed by atoms with E-state index in [1.54, 1.807) is 0 Å². The second-order valence-electron chi connectivity index (χ2n) is 9.30. The van der Waals surface area contributed by atoms with E-state index < -0.39 is 0 Å². The molecular formula is C25H32ClN3O4. The van der Waals surface area contributed by atoms with Gasteiger partial charge in [0.05, 0.1) is 18.8 Å². The van der Waals surface area contributed by atoms with Crippen molar-refractivity contribution in [2.24, 2.45) is 11.8 Å². The molecule has 2 aliphatic rings. The van der Waals surface area contributed by atoms with E-state index in [1.807, 2.05) is 35.8 Å². The average Bonchev–Trinajstić information content (AvgIpc) is 3.41. The van der Waals surface area contributed by atoms with E-state index in [9.17, 15) is 14.7 Å². The van der Waals surface area contributed by atoms with Crippen molar-refractivity contribution < 1.29 is 19.4 Å². The second-order valence-corrected chi connectivity index (χ2v) is 9.74. The maximum absolute atomic E-state index is 13.6. The van der Waals surface area contributed by atoms with Gasteiger partial charge in [-0.15, -0.1) is 0 Å². The summed E-state index contributed by atoms with van der Waals surface area (Å²) in [5, 5.41) is 9.94. The van der Waals surface area contributed by atoms with E-state index in [-0.39, 0.29) is 37.3 Å². The molecule has 0 spiro atoms. The summed E-state index contributed by atoms with van der Waals surface area (Å²) in [6, 6.07) is 7.90. The molecule has 33 heavy (non-hydrogen) atoms. The summed E-state index contributed by atoms with van der Waals surface area (Å²) in [5.74, 6) is -0.0279. The van der Waals surface area contributed by atoms with Gasteiger partial charge in [0.15, 0.2) is 0 Å². The summed E-state index contributed by atoms with van der Waals surface area (Å²) in [7, 11) is 0. The third-order valence-electron chi connectivity index (χ3n) is 6.54. The molecule has 1 N–H and O–H groups in total. The first-order valence-electron chi connectivity index (χ1n) is 11.9. The zero-order valence-corrected chi connectivity index (χ0v) is 19.9. The molecule has 0 saturated heterocycles. The number of aliphatic hydroxyl groups excluding tert-OH is 1. The molecule has 0 radical (unpaired) electrons. The SMILES string of the molecule is CC1CC(=O)N(CCCO)C(=O)c2c(nc(OCC3CCCC3)n2Cc2ccc(Cl)cc2)C1. The first-order valence-corrected chi connectivity index (χ1v) is 12.3. The zero-order valence-electron chi connectivity index (χ0n) is 19.1. The van der Waals surface area contributed by atoms with Crippen molar-refractivity contribution in [3.8, 4) is 6.01 Å². The molecule has 4 rings (SSSR count). The summed E-state index contributed by atoms with van der Waals surface area (Å²) in [5.41, 5.74) is 2.04. The molecule has 1 aromatic carbocycles. The highest BCUT2D eigenvalue weighted by molar-refractivity contribution is 6.30. The topological polar surface area (TPSA) is 84.7 Å². The van der Waals surface area contributed by atoms with E-state index in [2.05, 4.69) is 0 Å². The smallest absolute Gasteiger partial charge is 0.297 e. The number of amides is 2. The largest absolute Gasteiger partial charge is 0.464 e. The number of nitrogens with zero attached hydrogens (tertiary/aromatic N) is 3. The number of imidazole rings is 1. The summed E-state index contributed by atoms with van der Waals surface area (Å²) in [6.45, 7) is 3.07. The molecule has 2 amide bonds. The van der Waals surface area contributed by atoms with Crippen LogP contribution in [0.1, 0.15) is 67.2 Å². The van der Waals surface area contributed by atoms with Crippen LogP contribution in [0.4, 0.5) is 0 Å². The molecule has 1 saturated carbocycles. The Balaban J connectivity index is 1.73. The van der Waals surface area contributed by atoms with Gasteiger partial charge in [-0.1, -0.05) is 43.5 Å². The molecule has 2 aromatic rings. The van der Waals surface area contributed by atoms with Crippen LogP contribution in [0.25, 0.3) is 0 Å². The van der Waals surface area contributed by atoms with Crippen LogP contribution in [0.15, 0.2) is 24.3 Å². The number of aromatic nitrogens is 2. The lowest BCUT2D eigenvalue weighted by Crippen LogP contribution is -2.41. The Morgan fingerprint density at radius 2 is 1.88 bits per heavy atom. The highest BCUT2D eigenvalue weighted by Gasteiger charge is 2.34. The molecule has 0 bridgehead atoms. The molecule has 178 valence electrons. The fraction of sp³-hybridized carbons (Fsp3) is 0.560. The van der Waals surface area contributed by atoms with Crippen molar-refractivity contribution >= 4 is 23.4 Å². The number of imide groups is 1. The van der Waals surface area contributed by atoms with Gasteiger partial charge in [-0.25, -0.2) is 0 Å². The highest BCUT2D eigenvalue weighted by Crippen LogP contribution is 2.30. The van der Waals surface area contributed by atoms with Crippen LogP contribution < -0.4 is 4.74 Å². The molecule has 2 heterocycles. The number of hydrogen-bond donors (Lipinski definition) is 1. The molecule has 1 unspecified atom stereocenters. The van der Waals surface area contributed by atoms with Gasteiger partial charge in [0, 0.05) is 24.6 Å². The summed E-state index contributed by atoms with van der Waals surface area (Å²) >= 11 is 6.06. The van der Waals surface area contributed by atoms with Gasteiger partial charge in [0.2, 0.25) is 5.91 Å². The van der Waals surface area contributed by atoms with Crippen molar-refractivity contribution in [2.45, 2.75) is 58.4 Å². The number of ether oxygens (including phenoxy) is 1. The quantitative estimate of drug-likeness (QED) is 0.584. The number of halogens is 1. The van der Waals surface area contributed by atoms with E-state index in [4.69, 9.17) is 21.3 Å². The molecule has 1 fully saturated rings. The maximum atomic E-state index is 13.6. The van der Waals surface area contributed by atoms with Crippen molar-refractivity contribution in [2.75, 3.05) is 19.8 Å². The van der Waals surface area contributed by atoms with Crippen molar-refractivity contribution in [1.29, 1.82) is 0 Å². The predicted molar refractivity (Wildman–Crippen MR) is 125 cm³/mol. The zero-order chi connectivity index (χ0) is 23.4. The monoisotopic (exact) mass is 473 g/mol. The number of carbonyl (C=O) groups excluding carboxylic acids is 2. The van der Waals surface area contributed by atoms with Crippen molar-refractivity contribution in [3.05, 3.63) is 46.2 Å². The number of carbonyl (C=O) groups is 2. The van der Waals surface area contributed by atoms with Crippen LogP contribution in [-0.4, -0.2) is 51.1 Å². The van der Waals surface area contributed by atoms with Crippen LogP contribution in [0.2, 0.25) is 5.02 Å². The Morgan fingerprint density at radius 3 is 2.58 bits per heavy atom. The first-order chi connectivity index (χ1) is 16.0. The Labute approximate surface area is 199 Å². The predicted octanol–water partition coefficient (Wildman–Crippen LogP) is 4.09. The standard InChI is InChI=1S/C25H32ClN3O4/c1-17-13-21-23(24(32)28(11-4-12-30)22(31)14-17)29(15-18-7-9-20(26)10-8-18)25(27-21)33-16-19-5-2-3-6-19/h7-10,17,19,30H,2-6,11-16H2,1H3. The van der Waals surface area contributed by atoms with Gasteiger partial charge in [0.25, 0.3) is 11.9 Å². The number of aliphatic hydroxyl groups is 1. The van der Waals surface area contributed by atoms with E-state index in [0.29, 0.717) is 54.3 Å². The van der Waals surface area contributed by atoms with Gasteiger partial charge < -0.3 is 9.84 Å². The van der Waals surface area contributed by atoms with Crippen molar-refractivity contribution in [3.63, 3.8) is 0 Å². The lowest BCUT2D eigenvalue weighted by molar-refractivity contribution is -0.129. The van der Waals surface area contributed by atoms with E-state index in [0.717, 1.165) is 18.4 Å².